The molecule has 0 amide bonds. The Morgan fingerprint density at radius 3 is 2.48 bits per heavy atom. The Morgan fingerprint density at radius 2 is 1.86 bits per heavy atom. The van der Waals surface area contributed by atoms with E-state index in [1.165, 1.54) is 12.3 Å². The molecule has 0 aliphatic carbocycles. The monoisotopic (exact) mass is 306 g/mol. The molecule has 0 aliphatic rings. The lowest BCUT2D eigenvalue weighted by molar-refractivity contribution is 0.0714. The SMILES string of the molecule is CC(O)(CNc1ncccc1S(C)(=O)=O)c1ccccc1. The maximum absolute atomic E-state index is 11.7. The second-order valence-electron chi connectivity index (χ2n) is 5.12. The maximum atomic E-state index is 11.7. The number of rotatable bonds is 5. The molecule has 0 radical (unpaired) electrons. The number of sulfone groups is 1. The summed E-state index contributed by atoms with van der Waals surface area (Å²) in [4.78, 5) is 4.16. The van der Waals surface area contributed by atoms with Gasteiger partial charge in [0.25, 0.3) is 0 Å². The van der Waals surface area contributed by atoms with E-state index < -0.39 is 15.4 Å². The van der Waals surface area contributed by atoms with Crippen LogP contribution in [0.2, 0.25) is 0 Å². The number of nitrogens with one attached hydrogen (secondary N) is 1. The lowest BCUT2D eigenvalue weighted by Gasteiger charge is -2.25. The molecule has 2 N–H and O–H groups in total. The summed E-state index contributed by atoms with van der Waals surface area (Å²) in [5, 5.41) is 13.4. The van der Waals surface area contributed by atoms with Crippen LogP contribution in [-0.2, 0) is 15.4 Å². The predicted octanol–water partition coefficient (Wildman–Crippen LogP) is 1.80. The highest BCUT2D eigenvalue weighted by atomic mass is 32.2. The van der Waals surface area contributed by atoms with Crippen LogP contribution in [0, 0.1) is 0 Å². The molecule has 1 aromatic carbocycles. The minimum atomic E-state index is -3.37. The number of hydrogen-bond acceptors (Lipinski definition) is 5. The van der Waals surface area contributed by atoms with Crippen molar-refractivity contribution >= 4 is 15.7 Å². The largest absolute Gasteiger partial charge is 0.384 e. The van der Waals surface area contributed by atoms with Gasteiger partial charge in [-0.05, 0) is 24.6 Å². The van der Waals surface area contributed by atoms with Gasteiger partial charge in [0.15, 0.2) is 9.84 Å². The van der Waals surface area contributed by atoms with Gasteiger partial charge in [0, 0.05) is 19.0 Å². The molecule has 0 bridgehead atoms. The van der Waals surface area contributed by atoms with Gasteiger partial charge in [-0.15, -0.1) is 0 Å². The summed E-state index contributed by atoms with van der Waals surface area (Å²) >= 11 is 0. The first-order valence-electron chi connectivity index (χ1n) is 6.47. The number of aliphatic hydroxyl groups is 1. The van der Waals surface area contributed by atoms with E-state index in [-0.39, 0.29) is 17.3 Å². The van der Waals surface area contributed by atoms with Gasteiger partial charge in [0.2, 0.25) is 0 Å². The molecule has 1 aromatic heterocycles. The van der Waals surface area contributed by atoms with Crippen molar-refractivity contribution in [1.29, 1.82) is 0 Å². The molecule has 0 fully saturated rings. The summed E-state index contributed by atoms with van der Waals surface area (Å²) in [6, 6.07) is 12.2. The summed E-state index contributed by atoms with van der Waals surface area (Å²) in [5.74, 6) is 0.246. The van der Waals surface area contributed by atoms with E-state index in [2.05, 4.69) is 10.3 Å². The molecule has 2 rings (SSSR count). The zero-order valence-corrected chi connectivity index (χ0v) is 12.8. The van der Waals surface area contributed by atoms with Gasteiger partial charge in [0.05, 0.1) is 0 Å². The van der Waals surface area contributed by atoms with Crippen molar-refractivity contribution in [3.63, 3.8) is 0 Å². The summed E-state index contributed by atoms with van der Waals surface area (Å²) in [6.07, 6.45) is 2.64. The van der Waals surface area contributed by atoms with Crippen LogP contribution in [0.1, 0.15) is 12.5 Å². The standard InChI is InChI=1S/C15H18N2O3S/c1-15(18,12-7-4-3-5-8-12)11-17-14-13(21(2,19)20)9-6-10-16-14/h3-10,18H,11H2,1-2H3,(H,16,17). The van der Waals surface area contributed by atoms with Gasteiger partial charge in [-0.25, -0.2) is 13.4 Å². The van der Waals surface area contributed by atoms with Crippen molar-refractivity contribution in [2.45, 2.75) is 17.4 Å². The van der Waals surface area contributed by atoms with Crippen LogP contribution in [0.3, 0.4) is 0 Å². The average molecular weight is 306 g/mol. The van der Waals surface area contributed by atoms with E-state index in [0.717, 1.165) is 11.8 Å². The van der Waals surface area contributed by atoms with Crippen molar-refractivity contribution in [2.75, 3.05) is 18.1 Å². The van der Waals surface area contributed by atoms with Crippen LogP contribution in [0.15, 0.2) is 53.6 Å². The third kappa shape index (κ3) is 3.80. The fourth-order valence-corrected chi connectivity index (χ4v) is 2.78. The third-order valence-electron chi connectivity index (χ3n) is 3.17. The highest BCUT2D eigenvalue weighted by Crippen LogP contribution is 2.23. The minimum absolute atomic E-state index is 0.119. The Labute approximate surface area is 124 Å². The van der Waals surface area contributed by atoms with Gasteiger partial charge < -0.3 is 10.4 Å². The Morgan fingerprint density at radius 1 is 1.19 bits per heavy atom. The summed E-state index contributed by atoms with van der Waals surface area (Å²) in [6.45, 7) is 1.81. The Bertz CT molecular complexity index is 713. The van der Waals surface area contributed by atoms with E-state index in [1.807, 2.05) is 30.3 Å². The molecule has 1 unspecified atom stereocenters. The third-order valence-corrected chi connectivity index (χ3v) is 4.29. The highest BCUT2D eigenvalue weighted by molar-refractivity contribution is 7.90. The fraction of sp³-hybridized carbons (Fsp3) is 0.267. The van der Waals surface area contributed by atoms with Crippen LogP contribution < -0.4 is 5.32 Å². The lowest BCUT2D eigenvalue weighted by atomic mass is 9.96. The normalized spacial score (nSPS) is 14.4. The second kappa shape index (κ2) is 5.83. The van der Waals surface area contributed by atoms with Gasteiger partial charge in [0.1, 0.15) is 16.3 Å². The molecule has 0 saturated carbocycles. The lowest BCUT2D eigenvalue weighted by Crippen LogP contribution is -2.31. The zero-order valence-electron chi connectivity index (χ0n) is 11.9. The van der Waals surface area contributed by atoms with Crippen LogP contribution in [0.5, 0.6) is 0 Å². The van der Waals surface area contributed by atoms with Crippen LogP contribution >= 0.6 is 0 Å². The van der Waals surface area contributed by atoms with Crippen LogP contribution in [0.25, 0.3) is 0 Å². The molecule has 112 valence electrons. The van der Waals surface area contributed by atoms with Gasteiger partial charge in [-0.2, -0.15) is 0 Å². The van der Waals surface area contributed by atoms with Crippen LogP contribution in [0.4, 0.5) is 5.82 Å². The Hall–Kier alpha value is -1.92. The molecule has 6 heteroatoms. The first-order chi connectivity index (χ1) is 9.81. The molecule has 0 spiro atoms. The van der Waals surface area contributed by atoms with E-state index in [4.69, 9.17) is 0 Å². The van der Waals surface area contributed by atoms with Crippen LogP contribution in [-0.4, -0.2) is 31.3 Å². The smallest absolute Gasteiger partial charge is 0.179 e. The summed E-state index contributed by atoms with van der Waals surface area (Å²) < 4.78 is 23.4. The molecule has 0 aliphatic heterocycles. The fourth-order valence-electron chi connectivity index (χ4n) is 1.98. The second-order valence-corrected chi connectivity index (χ2v) is 7.10. The molecule has 2 aromatic rings. The van der Waals surface area contributed by atoms with Crippen molar-refractivity contribution in [2.24, 2.45) is 0 Å². The number of benzene rings is 1. The number of hydrogen-bond donors (Lipinski definition) is 2. The van der Waals surface area contributed by atoms with E-state index >= 15 is 0 Å². The van der Waals surface area contributed by atoms with E-state index in [0.29, 0.717) is 0 Å². The minimum Gasteiger partial charge on any atom is -0.384 e. The molecule has 5 nitrogen and oxygen atoms in total. The van der Waals surface area contributed by atoms with Crippen molar-refractivity contribution in [1.82, 2.24) is 4.98 Å². The number of aromatic nitrogens is 1. The van der Waals surface area contributed by atoms with Gasteiger partial charge in [-0.1, -0.05) is 30.3 Å². The van der Waals surface area contributed by atoms with Crippen molar-refractivity contribution in [3.05, 3.63) is 54.2 Å². The molecule has 21 heavy (non-hydrogen) atoms. The zero-order chi connectivity index (χ0) is 15.5. The highest BCUT2D eigenvalue weighted by Gasteiger charge is 2.24. The first kappa shape index (κ1) is 15.5. The number of anilines is 1. The summed E-state index contributed by atoms with van der Waals surface area (Å²) in [5.41, 5.74) is -0.387. The Balaban J connectivity index is 2.21. The van der Waals surface area contributed by atoms with Gasteiger partial charge >= 0.3 is 0 Å². The molecule has 0 saturated heterocycles. The first-order valence-corrected chi connectivity index (χ1v) is 8.37. The van der Waals surface area contributed by atoms with E-state index in [9.17, 15) is 13.5 Å². The van der Waals surface area contributed by atoms with Crippen molar-refractivity contribution < 1.29 is 13.5 Å². The Kier molecular flexibility index (Phi) is 4.29. The molecule has 1 atom stereocenters. The predicted molar refractivity (Wildman–Crippen MR) is 81.8 cm³/mol. The molecule has 1 heterocycles. The maximum Gasteiger partial charge on any atom is 0.179 e. The van der Waals surface area contributed by atoms with Crippen molar-refractivity contribution in [3.8, 4) is 0 Å². The quantitative estimate of drug-likeness (QED) is 0.880. The molecular formula is C15H18N2O3S. The number of pyridine rings is 1. The average Bonchev–Trinajstić information content (AvgIpc) is 2.45. The van der Waals surface area contributed by atoms with Gasteiger partial charge in [-0.3, -0.25) is 0 Å². The number of nitrogens with zero attached hydrogens (tertiary/aromatic N) is 1. The van der Waals surface area contributed by atoms with E-state index in [1.54, 1.807) is 13.0 Å². The molecular weight excluding hydrogens is 288 g/mol. The topological polar surface area (TPSA) is 79.3 Å². The summed E-state index contributed by atoms with van der Waals surface area (Å²) in [7, 11) is -3.37.